The first-order valence-electron chi connectivity index (χ1n) is 10.4. The van der Waals surface area contributed by atoms with Crippen LogP contribution in [0.4, 0.5) is 5.69 Å². The Balaban J connectivity index is 0.00000300. The third kappa shape index (κ3) is 5.91. The highest BCUT2D eigenvalue weighted by molar-refractivity contribution is 5.93. The summed E-state index contributed by atoms with van der Waals surface area (Å²) in [4.78, 5) is 17.0. The molecule has 1 aliphatic rings. The maximum atomic E-state index is 12.7. The molecule has 1 fully saturated rings. The van der Waals surface area contributed by atoms with Crippen molar-refractivity contribution < 1.29 is 9.90 Å². The summed E-state index contributed by atoms with van der Waals surface area (Å²) in [6.45, 7) is 6.64. The number of likely N-dealkylation sites (tertiary alicyclic amines) is 1. The van der Waals surface area contributed by atoms with Crippen LogP contribution in [-0.2, 0) is 4.79 Å². The van der Waals surface area contributed by atoms with E-state index in [-0.39, 0.29) is 19.4 Å². The molecule has 1 aliphatic heterocycles. The highest BCUT2D eigenvalue weighted by atomic mass is 16.3. The lowest BCUT2D eigenvalue weighted by Gasteiger charge is -2.41. The van der Waals surface area contributed by atoms with Gasteiger partial charge in [0.25, 0.3) is 0 Å². The molecule has 0 spiro atoms. The summed E-state index contributed by atoms with van der Waals surface area (Å²) in [7, 11) is 0. The van der Waals surface area contributed by atoms with Crippen LogP contribution in [0.15, 0.2) is 60.7 Å². The van der Waals surface area contributed by atoms with Gasteiger partial charge in [0.05, 0.1) is 6.10 Å². The van der Waals surface area contributed by atoms with Gasteiger partial charge >= 0.3 is 0 Å². The van der Waals surface area contributed by atoms with Crippen LogP contribution in [0.5, 0.6) is 0 Å². The molecule has 2 aromatic rings. The molecule has 4 heteroatoms. The molecule has 158 valence electrons. The van der Waals surface area contributed by atoms with Gasteiger partial charge in [0, 0.05) is 31.2 Å². The summed E-state index contributed by atoms with van der Waals surface area (Å²) in [5.74, 6) is 0.563. The van der Waals surface area contributed by atoms with Crippen LogP contribution in [0.3, 0.4) is 0 Å². The maximum Gasteiger partial charge on any atom is 0.226 e. The zero-order valence-corrected chi connectivity index (χ0v) is 17.0. The van der Waals surface area contributed by atoms with Crippen molar-refractivity contribution in [2.45, 2.75) is 52.7 Å². The van der Waals surface area contributed by atoms with Crippen LogP contribution in [0.2, 0.25) is 0 Å². The molecule has 3 atom stereocenters. The van der Waals surface area contributed by atoms with E-state index in [1.807, 2.05) is 72.5 Å². The number of hydrogen-bond acceptors (Lipinski definition) is 3. The van der Waals surface area contributed by atoms with Crippen molar-refractivity contribution in [3.05, 3.63) is 66.2 Å². The number of carbonyl (C=O) groups excluding carboxylic acids is 1. The van der Waals surface area contributed by atoms with E-state index in [4.69, 9.17) is 0 Å². The number of aliphatic hydroxyl groups excluding tert-OH is 1. The second-order valence-corrected chi connectivity index (χ2v) is 7.78. The highest BCUT2D eigenvalue weighted by Crippen LogP contribution is 2.28. The van der Waals surface area contributed by atoms with E-state index in [1.54, 1.807) is 0 Å². The lowest BCUT2D eigenvalue weighted by Crippen LogP contribution is -2.49. The fourth-order valence-corrected chi connectivity index (χ4v) is 4.25. The number of nitrogens with zero attached hydrogens (tertiary/aromatic N) is 2. The quantitative estimate of drug-likeness (QED) is 0.724. The number of carbonyl (C=O) groups is 1. The van der Waals surface area contributed by atoms with E-state index in [1.165, 1.54) is 0 Å². The second-order valence-electron chi connectivity index (χ2n) is 7.78. The Morgan fingerprint density at radius 3 is 2.38 bits per heavy atom. The molecular formula is C25H36N2O2. The van der Waals surface area contributed by atoms with Crippen molar-refractivity contribution in [2.24, 2.45) is 5.92 Å². The Morgan fingerprint density at radius 1 is 1.14 bits per heavy atom. The predicted molar refractivity (Wildman–Crippen MR) is 121 cm³/mol. The average molecular weight is 397 g/mol. The highest BCUT2D eigenvalue weighted by Gasteiger charge is 2.31. The first-order chi connectivity index (χ1) is 13.6. The molecule has 1 amide bonds. The zero-order chi connectivity index (χ0) is 19.9. The van der Waals surface area contributed by atoms with Crippen LogP contribution in [-0.4, -0.2) is 41.6 Å². The lowest BCUT2D eigenvalue weighted by atomic mass is 9.89. The molecule has 0 aliphatic carbocycles. The van der Waals surface area contributed by atoms with Crippen molar-refractivity contribution >= 4 is 11.6 Å². The van der Waals surface area contributed by atoms with E-state index in [0.29, 0.717) is 18.9 Å². The van der Waals surface area contributed by atoms with Crippen LogP contribution >= 0.6 is 0 Å². The number of hydrogen-bond donors (Lipinski definition) is 1. The third-order valence-electron chi connectivity index (χ3n) is 5.85. The predicted octanol–water partition coefficient (Wildman–Crippen LogP) is 4.90. The average Bonchev–Trinajstić information content (AvgIpc) is 2.75. The minimum Gasteiger partial charge on any atom is -0.387 e. The molecule has 4 nitrogen and oxygen atoms in total. The largest absolute Gasteiger partial charge is 0.387 e. The maximum absolute atomic E-state index is 12.7. The summed E-state index contributed by atoms with van der Waals surface area (Å²) in [6.07, 6.45) is 2.24. The number of benzene rings is 2. The first-order valence-corrected chi connectivity index (χ1v) is 10.4. The van der Waals surface area contributed by atoms with Crippen molar-refractivity contribution in [1.29, 1.82) is 0 Å². The Labute approximate surface area is 176 Å². The first kappa shape index (κ1) is 23.1. The zero-order valence-electron chi connectivity index (χ0n) is 17.0. The van der Waals surface area contributed by atoms with Crippen molar-refractivity contribution in [3.8, 4) is 0 Å². The summed E-state index contributed by atoms with van der Waals surface area (Å²) in [5, 5.41) is 10.6. The summed E-state index contributed by atoms with van der Waals surface area (Å²) >= 11 is 0. The van der Waals surface area contributed by atoms with Gasteiger partial charge in [-0.15, -0.1) is 0 Å². The molecule has 3 unspecified atom stereocenters. The summed E-state index contributed by atoms with van der Waals surface area (Å²) in [6, 6.07) is 20.0. The number of amides is 1. The molecule has 2 aromatic carbocycles. The molecule has 0 saturated carbocycles. The molecule has 1 N–H and O–H groups in total. The Bertz CT molecular complexity index is 735. The number of aliphatic hydroxyl groups is 1. The minimum absolute atomic E-state index is 0. The SMILES string of the molecule is C.CCC(=O)N(c1ccccc1)C(C)C1CCCN(CC(O)c2ccccc2)C1. The van der Waals surface area contributed by atoms with Crippen molar-refractivity contribution in [2.75, 3.05) is 24.5 Å². The standard InChI is InChI=1S/C24H32N2O2.CH4/c1-3-24(28)26(22-14-8-5-9-15-22)19(2)21-13-10-16-25(17-21)18-23(27)20-11-6-4-7-12-20;/h4-9,11-12,14-15,19,21,23,27H,3,10,13,16-18H2,1-2H3;1H4. The van der Waals surface area contributed by atoms with Gasteiger partial charge in [-0.2, -0.15) is 0 Å². The van der Waals surface area contributed by atoms with E-state index >= 15 is 0 Å². The molecule has 29 heavy (non-hydrogen) atoms. The van der Waals surface area contributed by atoms with Crippen molar-refractivity contribution in [1.82, 2.24) is 4.90 Å². The molecule has 0 bridgehead atoms. The topological polar surface area (TPSA) is 43.8 Å². The molecule has 3 rings (SSSR count). The van der Waals surface area contributed by atoms with Gasteiger partial charge in [0.15, 0.2) is 0 Å². The molecule has 1 saturated heterocycles. The molecule has 0 radical (unpaired) electrons. The van der Waals surface area contributed by atoms with E-state index < -0.39 is 6.10 Å². The van der Waals surface area contributed by atoms with Crippen LogP contribution in [0, 0.1) is 5.92 Å². The van der Waals surface area contributed by atoms with Crippen LogP contribution in [0.1, 0.15) is 52.2 Å². The fourth-order valence-electron chi connectivity index (χ4n) is 4.25. The number of piperidine rings is 1. The Morgan fingerprint density at radius 2 is 1.76 bits per heavy atom. The van der Waals surface area contributed by atoms with Crippen LogP contribution in [0.25, 0.3) is 0 Å². The van der Waals surface area contributed by atoms with Gasteiger partial charge in [-0.25, -0.2) is 0 Å². The number of anilines is 1. The van der Waals surface area contributed by atoms with Gasteiger partial charge < -0.3 is 14.9 Å². The fraction of sp³-hybridized carbons (Fsp3) is 0.480. The van der Waals surface area contributed by atoms with Crippen LogP contribution < -0.4 is 4.90 Å². The second kappa shape index (κ2) is 11.1. The van der Waals surface area contributed by atoms with Gasteiger partial charge in [-0.3, -0.25) is 4.79 Å². The molecular weight excluding hydrogens is 360 g/mol. The number of β-amino-alcohol motifs (C(OH)–C–C–N with tert-alkyl or cyclic N) is 1. The van der Waals surface area contributed by atoms with Gasteiger partial charge in [-0.1, -0.05) is 62.9 Å². The van der Waals surface area contributed by atoms with Crippen molar-refractivity contribution in [3.63, 3.8) is 0 Å². The van der Waals surface area contributed by atoms with E-state index in [9.17, 15) is 9.90 Å². The number of para-hydroxylation sites is 1. The normalized spacial score (nSPS) is 19.1. The van der Waals surface area contributed by atoms with E-state index in [0.717, 1.165) is 37.2 Å². The van der Waals surface area contributed by atoms with Gasteiger partial charge in [0.2, 0.25) is 5.91 Å². The van der Waals surface area contributed by atoms with E-state index in [2.05, 4.69) is 11.8 Å². The minimum atomic E-state index is -0.474. The monoisotopic (exact) mass is 396 g/mol. The summed E-state index contributed by atoms with van der Waals surface area (Å²) in [5.41, 5.74) is 1.94. The molecule has 0 aromatic heterocycles. The lowest BCUT2D eigenvalue weighted by molar-refractivity contribution is -0.119. The smallest absolute Gasteiger partial charge is 0.226 e. The Kier molecular flexibility index (Phi) is 8.87. The van der Waals surface area contributed by atoms with Gasteiger partial charge in [-0.05, 0) is 49.9 Å². The third-order valence-corrected chi connectivity index (χ3v) is 5.85. The summed E-state index contributed by atoms with van der Waals surface area (Å²) < 4.78 is 0. The van der Waals surface area contributed by atoms with Gasteiger partial charge in [0.1, 0.15) is 0 Å². The molecule has 1 heterocycles. The Hall–Kier alpha value is -2.17. The number of rotatable bonds is 7.